The van der Waals surface area contributed by atoms with Crippen LogP contribution >= 0.6 is 22.9 Å². The van der Waals surface area contributed by atoms with Crippen molar-refractivity contribution in [3.05, 3.63) is 40.7 Å². The summed E-state index contributed by atoms with van der Waals surface area (Å²) in [5, 5.41) is 6.53. The van der Waals surface area contributed by atoms with E-state index in [9.17, 15) is 0 Å². The smallest absolute Gasteiger partial charge is 0.269 e. The molecule has 0 aliphatic heterocycles. The highest BCUT2D eigenvalue weighted by atomic mass is 35.5. The third kappa shape index (κ3) is 3.31. The molecule has 114 valence electrons. The van der Waals surface area contributed by atoms with Gasteiger partial charge in [0.15, 0.2) is 0 Å². The highest BCUT2D eigenvalue weighted by Crippen LogP contribution is 2.33. The lowest BCUT2D eigenvalue weighted by molar-refractivity contribution is 0.309. The van der Waals surface area contributed by atoms with Gasteiger partial charge in [0.1, 0.15) is 10.6 Å². The molecule has 0 saturated carbocycles. The largest absolute Gasteiger partial charge is 0.494 e. The molecule has 0 N–H and O–H groups in total. The summed E-state index contributed by atoms with van der Waals surface area (Å²) in [4.78, 5) is 5.19. The zero-order valence-electron chi connectivity index (χ0n) is 12.1. The Bertz CT molecular complexity index is 737. The summed E-state index contributed by atoms with van der Waals surface area (Å²) in [7, 11) is 0. The number of hydrogen-bond acceptors (Lipinski definition) is 5. The lowest BCUT2D eigenvalue weighted by Gasteiger charge is -2.04. The van der Waals surface area contributed by atoms with E-state index >= 15 is 0 Å². The van der Waals surface area contributed by atoms with Crippen LogP contribution in [0.1, 0.15) is 19.8 Å². The lowest BCUT2D eigenvalue weighted by Crippen LogP contribution is -1.96. The molecule has 3 aromatic rings. The van der Waals surface area contributed by atoms with Crippen LogP contribution in [0, 0.1) is 0 Å². The molecule has 0 radical (unpaired) electrons. The maximum Gasteiger partial charge on any atom is 0.269 e. The molecule has 0 saturated heterocycles. The van der Waals surface area contributed by atoms with E-state index in [1.807, 2.05) is 35.7 Å². The molecule has 3 rings (SSSR count). The molecule has 2 heterocycles. The summed E-state index contributed by atoms with van der Waals surface area (Å²) in [5.74, 6) is 1.83. The first kappa shape index (κ1) is 15.1. The van der Waals surface area contributed by atoms with Crippen molar-refractivity contribution in [1.29, 1.82) is 0 Å². The number of hydrogen-bond donors (Lipinski definition) is 0. The van der Waals surface area contributed by atoms with Gasteiger partial charge in [-0.1, -0.05) is 30.1 Å². The molecule has 22 heavy (non-hydrogen) atoms. The van der Waals surface area contributed by atoms with Gasteiger partial charge < -0.3 is 9.26 Å². The van der Waals surface area contributed by atoms with E-state index in [0.717, 1.165) is 35.6 Å². The summed E-state index contributed by atoms with van der Waals surface area (Å²) in [6, 6.07) is 9.49. The fourth-order valence-electron chi connectivity index (χ4n) is 1.91. The number of nitrogens with zero attached hydrogens (tertiary/aromatic N) is 2. The number of thiophene rings is 1. The summed E-state index contributed by atoms with van der Waals surface area (Å²) < 4.78 is 10.9. The molecule has 0 amide bonds. The average Bonchev–Trinajstić information content (AvgIpc) is 3.17. The summed E-state index contributed by atoms with van der Waals surface area (Å²) in [6.45, 7) is 2.87. The first-order valence-electron chi connectivity index (χ1n) is 7.08. The predicted molar refractivity (Wildman–Crippen MR) is 88.5 cm³/mol. The third-order valence-electron chi connectivity index (χ3n) is 3.12. The van der Waals surface area contributed by atoms with Crippen LogP contribution in [0.4, 0.5) is 0 Å². The van der Waals surface area contributed by atoms with Gasteiger partial charge in [0.05, 0.1) is 11.6 Å². The Morgan fingerprint density at radius 1 is 1.23 bits per heavy atom. The third-order valence-corrected chi connectivity index (χ3v) is 4.45. The Kier molecular flexibility index (Phi) is 4.75. The van der Waals surface area contributed by atoms with E-state index in [2.05, 4.69) is 17.1 Å². The Morgan fingerprint density at radius 3 is 2.73 bits per heavy atom. The van der Waals surface area contributed by atoms with Crippen molar-refractivity contribution in [2.75, 3.05) is 6.61 Å². The van der Waals surface area contributed by atoms with Crippen LogP contribution in [0.2, 0.25) is 5.02 Å². The Morgan fingerprint density at radius 2 is 2.05 bits per heavy atom. The molecule has 0 aliphatic carbocycles. The number of rotatable bonds is 6. The van der Waals surface area contributed by atoms with Gasteiger partial charge >= 0.3 is 0 Å². The summed E-state index contributed by atoms with van der Waals surface area (Å²) in [5.41, 5.74) is 0.880. The van der Waals surface area contributed by atoms with Crippen LogP contribution in [0.25, 0.3) is 22.2 Å². The number of ether oxygens (including phenoxy) is 1. The first-order valence-corrected chi connectivity index (χ1v) is 8.34. The first-order chi connectivity index (χ1) is 10.8. The van der Waals surface area contributed by atoms with E-state index in [1.54, 1.807) is 0 Å². The zero-order chi connectivity index (χ0) is 15.4. The molecule has 2 aromatic heterocycles. The normalized spacial score (nSPS) is 10.8. The van der Waals surface area contributed by atoms with Crippen LogP contribution in [0.5, 0.6) is 5.75 Å². The quantitative estimate of drug-likeness (QED) is 0.574. The Hall–Kier alpha value is -1.85. The minimum Gasteiger partial charge on any atom is -0.494 e. The fraction of sp³-hybridized carbons (Fsp3) is 0.250. The molecule has 1 aromatic carbocycles. The van der Waals surface area contributed by atoms with Crippen molar-refractivity contribution in [1.82, 2.24) is 10.1 Å². The van der Waals surface area contributed by atoms with E-state index in [0.29, 0.717) is 16.7 Å². The SMILES string of the molecule is CCCCOc1ccc(-c2noc(-c3sccc3Cl)n2)cc1. The number of benzene rings is 1. The molecule has 0 aliphatic rings. The van der Waals surface area contributed by atoms with Crippen molar-refractivity contribution in [3.8, 4) is 27.9 Å². The van der Waals surface area contributed by atoms with E-state index in [1.165, 1.54) is 11.3 Å². The topological polar surface area (TPSA) is 48.2 Å². The molecule has 0 unspecified atom stereocenters. The van der Waals surface area contributed by atoms with E-state index in [-0.39, 0.29) is 0 Å². The second-order valence-corrected chi connectivity index (χ2v) is 6.07. The molecular weight excluding hydrogens is 320 g/mol. The van der Waals surface area contributed by atoms with Gasteiger partial charge in [0, 0.05) is 5.56 Å². The molecular formula is C16H15ClN2O2S. The van der Waals surface area contributed by atoms with Gasteiger partial charge in [-0.15, -0.1) is 11.3 Å². The maximum atomic E-state index is 6.08. The minimum atomic E-state index is 0.443. The van der Waals surface area contributed by atoms with Gasteiger partial charge in [-0.05, 0) is 42.1 Å². The standard InChI is InChI=1S/C16H15ClN2O2S/c1-2-3-9-20-12-6-4-11(5-7-12)15-18-16(21-19-15)14-13(17)8-10-22-14/h4-8,10H,2-3,9H2,1H3. The van der Waals surface area contributed by atoms with E-state index < -0.39 is 0 Å². The van der Waals surface area contributed by atoms with Crippen LogP contribution < -0.4 is 4.74 Å². The highest BCUT2D eigenvalue weighted by Gasteiger charge is 2.14. The van der Waals surface area contributed by atoms with Crippen LogP contribution in [-0.4, -0.2) is 16.7 Å². The average molecular weight is 335 g/mol. The Labute approximate surface area is 137 Å². The molecule has 0 fully saturated rings. The van der Waals surface area contributed by atoms with Gasteiger partial charge in [-0.2, -0.15) is 4.98 Å². The Balaban J connectivity index is 1.75. The maximum absolute atomic E-state index is 6.08. The number of aromatic nitrogens is 2. The minimum absolute atomic E-state index is 0.443. The van der Waals surface area contributed by atoms with Crippen LogP contribution in [0.15, 0.2) is 40.2 Å². The zero-order valence-corrected chi connectivity index (χ0v) is 13.7. The van der Waals surface area contributed by atoms with Crippen LogP contribution in [-0.2, 0) is 0 Å². The molecule has 0 bridgehead atoms. The van der Waals surface area contributed by atoms with Crippen molar-refractivity contribution in [3.63, 3.8) is 0 Å². The van der Waals surface area contributed by atoms with Crippen LogP contribution in [0.3, 0.4) is 0 Å². The van der Waals surface area contributed by atoms with Gasteiger partial charge in [-0.25, -0.2) is 0 Å². The van der Waals surface area contributed by atoms with Gasteiger partial charge in [-0.3, -0.25) is 0 Å². The second-order valence-electron chi connectivity index (χ2n) is 4.75. The molecule has 6 heteroatoms. The number of unbranched alkanes of at least 4 members (excludes halogenated alkanes) is 1. The monoisotopic (exact) mass is 334 g/mol. The summed E-state index contributed by atoms with van der Waals surface area (Å²) in [6.07, 6.45) is 2.17. The van der Waals surface area contributed by atoms with Gasteiger partial charge in [0.25, 0.3) is 5.89 Å². The highest BCUT2D eigenvalue weighted by molar-refractivity contribution is 7.14. The summed E-state index contributed by atoms with van der Waals surface area (Å²) >= 11 is 7.55. The fourth-order valence-corrected chi connectivity index (χ4v) is 2.97. The lowest BCUT2D eigenvalue weighted by atomic mass is 10.2. The number of halogens is 1. The molecule has 0 spiro atoms. The van der Waals surface area contributed by atoms with Gasteiger partial charge in [0.2, 0.25) is 5.82 Å². The van der Waals surface area contributed by atoms with Crippen molar-refractivity contribution >= 4 is 22.9 Å². The van der Waals surface area contributed by atoms with Crippen molar-refractivity contribution < 1.29 is 9.26 Å². The van der Waals surface area contributed by atoms with Crippen molar-refractivity contribution in [2.24, 2.45) is 0 Å². The van der Waals surface area contributed by atoms with Crippen molar-refractivity contribution in [2.45, 2.75) is 19.8 Å². The van der Waals surface area contributed by atoms with E-state index in [4.69, 9.17) is 20.9 Å². The second kappa shape index (κ2) is 6.94. The predicted octanol–water partition coefficient (Wildman–Crippen LogP) is 5.30. The molecule has 4 nitrogen and oxygen atoms in total. The molecule has 0 atom stereocenters.